The number of ether oxygens (including phenoxy) is 1. The Labute approximate surface area is 218 Å². The molecule has 2 aromatic rings. The van der Waals surface area contributed by atoms with Crippen LogP contribution in [-0.2, 0) is 9.59 Å². The van der Waals surface area contributed by atoms with Crippen LogP contribution in [0.2, 0.25) is 0 Å². The normalized spacial score (nSPS) is 26.4. The summed E-state index contributed by atoms with van der Waals surface area (Å²) in [6, 6.07) is 11.2. The highest BCUT2D eigenvalue weighted by atomic mass is 16.5. The largest absolute Gasteiger partial charge is 0.487 e. The van der Waals surface area contributed by atoms with E-state index in [2.05, 4.69) is 10.3 Å². The summed E-state index contributed by atoms with van der Waals surface area (Å²) in [6.45, 7) is 8.16. The minimum atomic E-state index is -0.458. The number of aliphatic imine (C=N–C) groups is 1. The van der Waals surface area contributed by atoms with Gasteiger partial charge in [0, 0.05) is 30.3 Å². The summed E-state index contributed by atoms with van der Waals surface area (Å²) in [5.41, 5.74) is 7.49. The van der Waals surface area contributed by atoms with E-state index in [9.17, 15) is 9.59 Å². The molecule has 0 bridgehead atoms. The summed E-state index contributed by atoms with van der Waals surface area (Å²) in [4.78, 5) is 37.8. The van der Waals surface area contributed by atoms with Crippen molar-refractivity contribution in [3.8, 4) is 5.75 Å². The van der Waals surface area contributed by atoms with Crippen molar-refractivity contribution in [2.75, 3.05) is 0 Å². The van der Waals surface area contributed by atoms with Gasteiger partial charge in [-0.2, -0.15) is 0 Å². The van der Waals surface area contributed by atoms with Crippen molar-refractivity contribution in [2.45, 2.75) is 83.0 Å². The average Bonchev–Trinajstić information content (AvgIpc) is 3.66. The summed E-state index contributed by atoms with van der Waals surface area (Å²) in [5.74, 6) is 0.695. The Balaban J connectivity index is 1.40. The van der Waals surface area contributed by atoms with Crippen LogP contribution in [0.1, 0.15) is 83.0 Å². The molecule has 8 nitrogen and oxygen atoms in total. The lowest BCUT2D eigenvalue weighted by atomic mass is 9.87. The summed E-state index contributed by atoms with van der Waals surface area (Å²) >= 11 is 0. The number of guanidine groups is 1. The number of nitrogens with two attached hydrogens (primary N) is 1. The first-order valence-electron chi connectivity index (χ1n) is 13.3. The molecule has 2 aliphatic heterocycles. The molecule has 3 aliphatic rings. The van der Waals surface area contributed by atoms with Crippen molar-refractivity contribution < 1.29 is 14.3 Å². The molecule has 5 rings (SSSR count). The van der Waals surface area contributed by atoms with Gasteiger partial charge in [-0.3, -0.25) is 19.5 Å². The number of para-hydroxylation sites is 1. The van der Waals surface area contributed by atoms with Crippen LogP contribution >= 0.6 is 0 Å². The van der Waals surface area contributed by atoms with Gasteiger partial charge in [0.25, 0.3) is 0 Å². The molecule has 1 aromatic carbocycles. The van der Waals surface area contributed by atoms with Gasteiger partial charge in [0.15, 0.2) is 5.96 Å². The van der Waals surface area contributed by atoms with Crippen molar-refractivity contribution in [1.29, 1.82) is 0 Å². The van der Waals surface area contributed by atoms with Crippen molar-refractivity contribution in [3.63, 3.8) is 0 Å². The van der Waals surface area contributed by atoms with Gasteiger partial charge in [0.1, 0.15) is 11.4 Å². The Morgan fingerprint density at radius 2 is 1.97 bits per heavy atom. The van der Waals surface area contributed by atoms with Crippen LogP contribution in [0.5, 0.6) is 5.75 Å². The molecular formula is C29H37N5O3. The number of hydrogen-bond donors (Lipinski definition) is 2. The number of rotatable bonds is 7. The van der Waals surface area contributed by atoms with Crippen molar-refractivity contribution in [3.05, 3.63) is 59.9 Å². The number of amides is 2. The van der Waals surface area contributed by atoms with Crippen LogP contribution in [0.15, 0.2) is 53.8 Å². The molecule has 1 fully saturated rings. The number of carbonyl (C=O) groups is 2. The Hall–Kier alpha value is -3.42. The van der Waals surface area contributed by atoms with E-state index in [1.54, 1.807) is 17.3 Å². The van der Waals surface area contributed by atoms with Gasteiger partial charge in [0.05, 0.1) is 24.0 Å². The van der Waals surface area contributed by atoms with Crippen LogP contribution < -0.4 is 15.8 Å². The molecule has 1 aromatic heterocycles. The molecule has 2 amide bonds. The van der Waals surface area contributed by atoms with Gasteiger partial charge in [-0.1, -0.05) is 38.1 Å². The fraction of sp³-hybridized carbons (Fsp3) is 0.517. The maximum Gasteiger partial charge on any atom is 0.232 e. The van der Waals surface area contributed by atoms with Gasteiger partial charge in [-0.25, -0.2) is 4.99 Å². The summed E-state index contributed by atoms with van der Waals surface area (Å²) < 4.78 is 6.13. The van der Waals surface area contributed by atoms with E-state index >= 15 is 0 Å². The molecule has 1 saturated carbocycles. The van der Waals surface area contributed by atoms with E-state index in [0.29, 0.717) is 19.3 Å². The monoisotopic (exact) mass is 503 g/mol. The lowest BCUT2D eigenvalue weighted by Crippen LogP contribution is -2.53. The first-order valence-corrected chi connectivity index (χ1v) is 13.3. The van der Waals surface area contributed by atoms with Crippen molar-refractivity contribution in [2.24, 2.45) is 22.6 Å². The number of aromatic nitrogens is 1. The number of nitrogens with zero attached hydrogens (tertiary/aromatic N) is 3. The molecule has 4 atom stereocenters. The minimum absolute atomic E-state index is 0.00664. The molecule has 3 N–H and O–H groups in total. The van der Waals surface area contributed by atoms with Crippen LogP contribution in [0, 0.1) is 11.8 Å². The SMILES string of the molecule is CCC1(CC)CC(=O)N(C(c2cccnc2)C2C[C@H]2C(=O)N[C@H]2CC(C)(C)Oc3ccccc32)C(N)=N1. The summed E-state index contributed by atoms with van der Waals surface area (Å²) in [6.07, 6.45) is 6.63. The molecule has 0 radical (unpaired) electrons. The molecule has 0 spiro atoms. The lowest BCUT2D eigenvalue weighted by Gasteiger charge is -2.40. The van der Waals surface area contributed by atoms with Crippen LogP contribution in [0.3, 0.4) is 0 Å². The van der Waals surface area contributed by atoms with Gasteiger partial charge >= 0.3 is 0 Å². The van der Waals surface area contributed by atoms with Crippen molar-refractivity contribution in [1.82, 2.24) is 15.2 Å². The van der Waals surface area contributed by atoms with E-state index in [0.717, 1.165) is 29.7 Å². The Bertz CT molecular complexity index is 1210. The van der Waals surface area contributed by atoms with Crippen LogP contribution in [0.4, 0.5) is 0 Å². The molecule has 3 heterocycles. The van der Waals surface area contributed by atoms with Crippen LogP contribution in [0.25, 0.3) is 0 Å². The molecule has 1 aliphatic carbocycles. The third-order valence-electron chi connectivity index (χ3n) is 8.24. The standard InChI is InChI=1S/C29H37N5O3/c1-5-29(6-2)16-24(35)34(27(30)33-29)25(18-10-9-13-31-17-18)20-14-21(20)26(36)32-22-15-28(3,4)37-23-12-8-7-11-19(22)23/h7-13,17,20-22,25H,5-6,14-16H2,1-4H3,(H2,30,33)(H,32,36)/t20?,21-,22+,25?/m1/s1. The molecule has 2 unspecified atom stereocenters. The van der Waals surface area contributed by atoms with Gasteiger partial charge in [-0.05, 0) is 56.7 Å². The van der Waals surface area contributed by atoms with Crippen molar-refractivity contribution >= 4 is 17.8 Å². The molecular weight excluding hydrogens is 466 g/mol. The maximum absolute atomic E-state index is 13.5. The summed E-state index contributed by atoms with van der Waals surface area (Å²) in [5, 5.41) is 3.29. The fourth-order valence-corrected chi connectivity index (χ4v) is 6.00. The van der Waals surface area contributed by atoms with Gasteiger partial charge in [0.2, 0.25) is 11.8 Å². The topological polar surface area (TPSA) is 110 Å². The molecule has 0 saturated heterocycles. The van der Waals surface area contributed by atoms with E-state index in [1.807, 2.05) is 64.1 Å². The van der Waals surface area contributed by atoms with E-state index in [4.69, 9.17) is 15.5 Å². The Morgan fingerprint density at radius 3 is 2.65 bits per heavy atom. The first kappa shape index (κ1) is 25.2. The Morgan fingerprint density at radius 1 is 1.22 bits per heavy atom. The van der Waals surface area contributed by atoms with Gasteiger partial charge in [-0.15, -0.1) is 0 Å². The average molecular weight is 504 g/mol. The minimum Gasteiger partial charge on any atom is -0.487 e. The zero-order valence-electron chi connectivity index (χ0n) is 22.1. The number of nitrogens with one attached hydrogen (secondary N) is 1. The number of carbonyl (C=O) groups excluding carboxylic acids is 2. The van der Waals surface area contributed by atoms with Gasteiger partial charge < -0.3 is 15.8 Å². The predicted octanol–water partition coefficient (Wildman–Crippen LogP) is 4.28. The molecule has 196 valence electrons. The second kappa shape index (κ2) is 9.47. The zero-order chi connectivity index (χ0) is 26.4. The molecule has 8 heteroatoms. The third kappa shape index (κ3) is 4.81. The number of pyridine rings is 1. The van der Waals surface area contributed by atoms with E-state index < -0.39 is 5.54 Å². The highest BCUT2D eigenvalue weighted by Crippen LogP contribution is 2.52. The fourth-order valence-electron chi connectivity index (χ4n) is 6.00. The number of benzene rings is 1. The second-order valence-electron chi connectivity index (χ2n) is 11.2. The van der Waals surface area contributed by atoms with E-state index in [-0.39, 0.29) is 47.3 Å². The highest BCUT2D eigenvalue weighted by molar-refractivity contribution is 5.99. The number of hydrogen-bond acceptors (Lipinski definition) is 6. The smallest absolute Gasteiger partial charge is 0.232 e. The number of fused-ring (bicyclic) bond motifs is 1. The lowest BCUT2D eigenvalue weighted by molar-refractivity contribution is -0.132. The van der Waals surface area contributed by atoms with Crippen LogP contribution in [-0.4, -0.2) is 38.8 Å². The van der Waals surface area contributed by atoms with E-state index in [1.165, 1.54) is 0 Å². The Kier molecular flexibility index (Phi) is 6.46. The predicted molar refractivity (Wildman–Crippen MR) is 142 cm³/mol. The zero-order valence-corrected chi connectivity index (χ0v) is 22.1. The third-order valence-corrected chi connectivity index (χ3v) is 8.24. The summed E-state index contributed by atoms with van der Waals surface area (Å²) in [7, 11) is 0. The highest BCUT2D eigenvalue weighted by Gasteiger charge is 2.53. The first-order chi connectivity index (χ1) is 17.7. The maximum atomic E-state index is 13.5. The molecule has 37 heavy (non-hydrogen) atoms. The second-order valence-corrected chi connectivity index (χ2v) is 11.2. The quantitative estimate of drug-likeness (QED) is 0.586.